The second-order valence-corrected chi connectivity index (χ2v) is 13.8. The molecule has 41 heavy (non-hydrogen) atoms. The molecule has 0 spiro atoms. The van der Waals surface area contributed by atoms with E-state index in [4.69, 9.17) is 9.72 Å². The van der Waals surface area contributed by atoms with Crippen LogP contribution in [0.25, 0.3) is 0 Å². The van der Waals surface area contributed by atoms with Gasteiger partial charge in [-0.1, -0.05) is 34.6 Å². The molecule has 232 valence electrons. The summed E-state index contributed by atoms with van der Waals surface area (Å²) in [6.45, 7) is 18.5. The van der Waals surface area contributed by atoms with Gasteiger partial charge in [0.15, 0.2) is 0 Å². The van der Waals surface area contributed by atoms with Crippen molar-refractivity contribution in [3.8, 4) is 0 Å². The number of hydrogen-bond acceptors (Lipinski definition) is 8. The molecule has 2 amide bonds. The summed E-state index contributed by atoms with van der Waals surface area (Å²) in [4.78, 5) is 41.0. The molecule has 10 heteroatoms. The van der Waals surface area contributed by atoms with E-state index in [1.165, 1.54) is 0 Å². The number of nitrogens with one attached hydrogen (secondary N) is 2. The van der Waals surface area contributed by atoms with Crippen LogP contribution in [-0.2, 0) is 14.9 Å². The number of ether oxygens (including phenoxy) is 1. The van der Waals surface area contributed by atoms with Gasteiger partial charge in [-0.2, -0.15) is 0 Å². The minimum atomic E-state index is -0.726. The summed E-state index contributed by atoms with van der Waals surface area (Å²) in [5.74, 6) is 1.52. The molecule has 2 saturated heterocycles. The fourth-order valence-corrected chi connectivity index (χ4v) is 5.81. The number of methoxy groups -OCH3 is 1. The molecule has 0 aliphatic carbocycles. The summed E-state index contributed by atoms with van der Waals surface area (Å²) >= 11 is 0. The van der Waals surface area contributed by atoms with E-state index >= 15 is 0 Å². The van der Waals surface area contributed by atoms with Crippen LogP contribution in [-0.4, -0.2) is 101 Å². The van der Waals surface area contributed by atoms with E-state index in [9.17, 15) is 14.7 Å². The van der Waals surface area contributed by atoms with E-state index in [2.05, 4.69) is 50.2 Å². The average Bonchev–Trinajstić information content (AvgIpc) is 2.92. The molecule has 2 aliphatic heterocycles. The molecule has 0 saturated carbocycles. The maximum absolute atomic E-state index is 14.2. The van der Waals surface area contributed by atoms with Gasteiger partial charge in [-0.05, 0) is 51.4 Å². The first-order chi connectivity index (χ1) is 19.2. The molecule has 0 unspecified atom stereocenters. The molecule has 10 nitrogen and oxygen atoms in total. The molecule has 3 rings (SSSR count). The Balaban J connectivity index is 1.79. The maximum atomic E-state index is 14.2. The van der Waals surface area contributed by atoms with Crippen molar-refractivity contribution in [1.29, 1.82) is 0 Å². The van der Waals surface area contributed by atoms with Crippen molar-refractivity contribution in [2.75, 3.05) is 58.3 Å². The van der Waals surface area contributed by atoms with Gasteiger partial charge < -0.3 is 30.3 Å². The highest BCUT2D eigenvalue weighted by Gasteiger charge is 2.38. The molecule has 2 aliphatic rings. The summed E-state index contributed by atoms with van der Waals surface area (Å²) in [5, 5.41) is 17.2. The fraction of sp³-hybridized carbons (Fsp3) is 0.806. The van der Waals surface area contributed by atoms with E-state index < -0.39 is 5.60 Å². The van der Waals surface area contributed by atoms with Crippen LogP contribution in [0.5, 0.6) is 0 Å². The van der Waals surface area contributed by atoms with Crippen molar-refractivity contribution in [3.63, 3.8) is 0 Å². The Hall–Kier alpha value is -2.30. The van der Waals surface area contributed by atoms with Crippen molar-refractivity contribution in [3.05, 3.63) is 17.6 Å². The van der Waals surface area contributed by atoms with E-state index in [0.29, 0.717) is 69.5 Å². The smallest absolute Gasteiger partial charge is 0.259 e. The van der Waals surface area contributed by atoms with Crippen LogP contribution in [0.3, 0.4) is 0 Å². The minimum absolute atomic E-state index is 0.112. The van der Waals surface area contributed by atoms with Gasteiger partial charge >= 0.3 is 0 Å². The summed E-state index contributed by atoms with van der Waals surface area (Å²) in [6, 6.07) is -0.120. The highest BCUT2D eigenvalue weighted by atomic mass is 16.5. The average molecular weight is 575 g/mol. The number of likely N-dealkylation sites (tertiary alicyclic amines) is 1. The van der Waals surface area contributed by atoms with Crippen molar-refractivity contribution in [1.82, 2.24) is 25.1 Å². The third kappa shape index (κ3) is 9.09. The quantitative estimate of drug-likeness (QED) is 0.345. The lowest BCUT2D eigenvalue weighted by Crippen LogP contribution is -2.56. The third-order valence-electron chi connectivity index (χ3n) is 8.25. The highest BCUT2D eigenvalue weighted by Crippen LogP contribution is 2.30. The number of carbonyl (C=O) groups is 2. The van der Waals surface area contributed by atoms with Gasteiger partial charge in [0.1, 0.15) is 17.2 Å². The second kappa shape index (κ2) is 14.2. The Bertz CT molecular complexity index is 1010. The molecule has 0 radical (unpaired) electrons. The van der Waals surface area contributed by atoms with Crippen LogP contribution in [0.15, 0.2) is 6.20 Å². The monoisotopic (exact) mass is 574 g/mol. The molecule has 0 bridgehead atoms. The molecule has 3 heterocycles. The molecule has 3 N–H and O–H groups in total. The molecule has 0 aromatic carbocycles. The number of hydrogen-bond donors (Lipinski definition) is 3. The van der Waals surface area contributed by atoms with Crippen LogP contribution in [0.2, 0.25) is 0 Å². The number of carbonyl (C=O) groups excluding carboxylic acids is 2. The topological polar surface area (TPSA) is 120 Å². The molecule has 2 atom stereocenters. The van der Waals surface area contributed by atoms with Gasteiger partial charge in [0.05, 0.1) is 11.5 Å². The van der Waals surface area contributed by atoms with Crippen LogP contribution >= 0.6 is 0 Å². The van der Waals surface area contributed by atoms with Crippen LogP contribution in [0.1, 0.15) is 90.3 Å². The zero-order valence-corrected chi connectivity index (χ0v) is 26.6. The van der Waals surface area contributed by atoms with Gasteiger partial charge in [-0.25, -0.2) is 9.97 Å². The second-order valence-electron chi connectivity index (χ2n) is 13.8. The Kier molecular flexibility index (Phi) is 11.5. The summed E-state index contributed by atoms with van der Waals surface area (Å²) in [5.41, 5.74) is -0.528. The van der Waals surface area contributed by atoms with E-state index in [-0.39, 0.29) is 41.0 Å². The summed E-state index contributed by atoms with van der Waals surface area (Å²) < 4.78 is 5.19. The molecular weight excluding hydrogens is 520 g/mol. The lowest BCUT2D eigenvalue weighted by Gasteiger charge is -2.42. The predicted molar refractivity (Wildman–Crippen MR) is 162 cm³/mol. The molecule has 2 fully saturated rings. The van der Waals surface area contributed by atoms with E-state index in [1.54, 1.807) is 13.3 Å². The SMILES string of the molecule is COCCCNc1nc(C(C)(C)C)ncc1C(=O)N(CC(C)C)[C@@H]1CNC[C@H](C(=O)N2CCC(C(C)(C)O)CC2)C1. The predicted octanol–water partition coefficient (Wildman–Crippen LogP) is 3.31. The Labute approximate surface area is 247 Å². The van der Waals surface area contributed by atoms with Crippen molar-refractivity contribution in [2.24, 2.45) is 17.8 Å². The largest absolute Gasteiger partial charge is 0.390 e. The van der Waals surface area contributed by atoms with Gasteiger partial charge in [0, 0.05) is 70.6 Å². The first-order valence-corrected chi connectivity index (χ1v) is 15.4. The zero-order chi connectivity index (χ0) is 30.4. The normalized spacial score (nSPS) is 20.8. The Morgan fingerprint density at radius 3 is 2.46 bits per heavy atom. The van der Waals surface area contributed by atoms with E-state index in [0.717, 1.165) is 19.3 Å². The number of nitrogens with zero attached hydrogens (tertiary/aromatic N) is 4. The lowest BCUT2D eigenvalue weighted by atomic mass is 9.82. The lowest BCUT2D eigenvalue weighted by molar-refractivity contribution is -0.139. The zero-order valence-electron chi connectivity index (χ0n) is 26.6. The Morgan fingerprint density at radius 2 is 1.88 bits per heavy atom. The van der Waals surface area contributed by atoms with Gasteiger partial charge in [0.2, 0.25) is 5.91 Å². The number of piperidine rings is 2. The number of aliphatic hydroxyl groups is 1. The number of anilines is 1. The number of amides is 2. The maximum Gasteiger partial charge on any atom is 0.259 e. The molecule has 1 aromatic rings. The highest BCUT2D eigenvalue weighted by molar-refractivity contribution is 5.98. The van der Waals surface area contributed by atoms with Crippen molar-refractivity contribution < 1.29 is 19.4 Å². The van der Waals surface area contributed by atoms with E-state index in [1.807, 2.05) is 23.6 Å². The molecular formula is C31H54N6O4. The minimum Gasteiger partial charge on any atom is -0.390 e. The first kappa shape index (κ1) is 33.2. The fourth-order valence-electron chi connectivity index (χ4n) is 5.81. The first-order valence-electron chi connectivity index (χ1n) is 15.4. The van der Waals surface area contributed by atoms with Gasteiger partial charge in [-0.15, -0.1) is 0 Å². The number of aromatic nitrogens is 2. The van der Waals surface area contributed by atoms with Crippen molar-refractivity contribution in [2.45, 2.75) is 91.2 Å². The van der Waals surface area contributed by atoms with Crippen molar-refractivity contribution >= 4 is 17.6 Å². The third-order valence-corrected chi connectivity index (χ3v) is 8.25. The van der Waals surface area contributed by atoms with Gasteiger partial charge in [0.25, 0.3) is 5.91 Å². The Morgan fingerprint density at radius 1 is 1.20 bits per heavy atom. The van der Waals surface area contributed by atoms with Crippen LogP contribution in [0.4, 0.5) is 5.82 Å². The van der Waals surface area contributed by atoms with Gasteiger partial charge in [-0.3, -0.25) is 9.59 Å². The number of rotatable bonds is 11. The van der Waals surface area contributed by atoms with Crippen LogP contribution < -0.4 is 10.6 Å². The standard InChI is InChI=1S/C31H54N6O4/c1-21(2)20-37(28(39)25-19-34-29(30(3,4)5)35-26(25)33-12-9-15-41-8)24-16-22(17-32-18-24)27(38)36-13-10-23(11-14-36)31(6,7)40/h19,21-24,32,40H,9-18,20H2,1-8H3,(H,33,34,35)/t22-,24+/m1/s1. The summed E-state index contributed by atoms with van der Waals surface area (Å²) in [7, 11) is 1.68. The summed E-state index contributed by atoms with van der Waals surface area (Å²) in [6.07, 6.45) is 4.68. The van der Waals surface area contributed by atoms with Crippen LogP contribution in [0, 0.1) is 17.8 Å². The molecule has 1 aromatic heterocycles.